The first-order valence-electron chi connectivity index (χ1n) is 5.62. The molecule has 0 N–H and O–H groups in total. The first-order chi connectivity index (χ1) is 9.22. The van der Waals surface area contributed by atoms with Gasteiger partial charge in [0, 0.05) is 10.9 Å². The summed E-state index contributed by atoms with van der Waals surface area (Å²) in [6.07, 6.45) is 1.56. The molecule has 19 heavy (non-hydrogen) atoms. The van der Waals surface area contributed by atoms with E-state index in [9.17, 15) is 4.79 Å². The lowest BCUT2D eigenvalue weighted by molar-refractivity contribution is 0.583. The molecule has 3 aromatic rings. The fraction of sp³-hybridized carbons (Fsp3) is 0.154. The maximum absolute atomic E-state index is 12.5. The van der Waals surface area contributed by atoms with Crippen LogP contribution in [0.25, 0.3) is 21.5 Å². The molecular weight excluding hydrogens is 262 g/mol. The zero-order valence-corrected chi connectivity index (χ0v) is 10.9. The SMILES string of the molecule is Cc1nc2scc(-c3ccco3)c2c(=O)n1CC#N. The van der Waals surface area contributed by atoms with Crippen LogP contribution in [0.4, 0.5) is 0 Å². The highest BCUT2D eigenvalue weighted by atomic mass is 32.1. The van der Waals surface area contributed by atoms with Crippen LogP contribution in [0.5, 0.6) is 0 Å². The van der Waals surface area contributed by atoms with Crippen LogP contribution in [-0.4, -0.2) is 9.55 Å². The molecule has 0 atom stereocenters. The van der Waals surface area contributed by atoms with Gasteiger partial charge in [0.1, 0.15) is 23.0 Å². The van der Waals surface area contributed by atoms with Crippen LogP contribution in [0, 0.1) is 18.3 Å². The molecule has 0 amide bonds. The summed E-state index contributed by atoms with van der Waals surface area (Å²) in [5, 5.41) is 11.2. The van der Waals surface area contributed by atoms with Crippen LogP contribution in [0.1, 0.15) is 5.82 Å². The molecule has 0 aromatic carbocycles. The van der Waals surface area contributed by atoms with Crippen LogP contribution >= 0.6 is 11.3 Å². The fourth-order valence-electron chi connectivity index (χ4n) is 2.00. The summed E-state index contributed by atoms with van der Waals surface area (Å²) in [6, 6.07) is 5.55. The molecule has 94 valence electrons. The van der Waals surface area contributed by atoms with E-state index in [4.69, 9.17) is 9.68 Å². The molecule has 3 aromatic heterocycles. The summed E-state index contributed by atoms with van der Waals surface area (Å²) in [5.74, 6) is 1.18. The summed E-state index contributed by atoms with van der Waals surface area (Å²) in [4.78, 5) is 17.5. The van der Waals surface area contributed by atoms with Crippen molar-refractivity contribution in [3.8, 4) is 17.4 Å². The van der Waals surface area contributed by atoms with Crippen molar-refractivity contribution in [2.45, 2.75) is 13.5 Å². The molecule has 0 fully saturated rings. The summed E-state index contributed by atoms with van der Waals surface area (Å²) in [5.41, 5.74) is 0.533. The van der Waals surface area contributed by atoms with E-state index in [1.165, 1.54) is 15.9 Å². The Morgan fingerprint density at radius 1 is 1.58 bits per heavy atom. The fourth-order valence-corrected chi connectivity index (χ4v) is 2.96. The predicted octanol–water partition coefficient (Wildman–Crippen LogP) is 2.55. The van der Waals surface area contributed by atoms with E-state index in [1.807, 2.05) is 11.4 Å². The average Bonchev–Trinajstić information content (AvgIpc) is 3.02. The first kappa shape index (κ1) is 11.7. The number of nitriles is 1. The minimum Gasteiger partial charge on any atom is -0.464 e. The second-order valence-corrected chi connectivity index (χ2v) is 4.87. The Kier molecular flexibility index (Phi) is 2.69. The lowest BCUT2D eigenvalue weighted by Gasteiger charge is -2.05. The molecule has 6 heteroatoms. The van der Waals surface area contributed by atoms with E-state index in [2.05, 4.69) is 4.98 Å². The summed E-state index contributed by atoms with van der Waals surface area (Å²) >= 11 is 1.40. The van der Waals surface area contributed by atoms with E-state index in [-0.39, 0.29) is 12.1 Å². The number of aryl methyl sites for hydroxylation is 1. The molecule has 0 radical (unpaired) electrons. The number of thiophene rings is 1. The van der Waals surface area contributed by atoms with E-state index in [1.54, 1.807) is 25.3 Å². The molecule has 0 aliphatic carbocycles. The number of hydrogen-bond donors (Lipinski definition) is 0. The summed E-state index contributed by atoms with van der Waals surface area (Å²) in [6.45, 7) is 1.73. The molecule has 3 rings (SSSR count). The molecule has 5 nitrogen and oxygen atoms in total. The van der Waals surface area contributed by atoms with Crippen molar-refractivity contribution >= 4 is 21.6 Å². The van der Waals surface area contributed by atoms with Gasteiger partial charge in [-0.2, -0.15) is 5.26 Å². The minimum atomic E-state index is -0.197. The molecule has 0 bridgehead atoms. The smallest absolute Gasteiger partial charge is 0.263 e. The van der Waals surface area contributed by atoms with Crippen LogP contribution in [0.2, 0.25) is 0 Å². The van der Waals surface area contributed by atoms with Crippen molar-refractivity contribution in [1.82, 2.24) is 9.55 Å². The maximum Gasteiger partial charge on any atom is 0.263 e. The van der Waals surface area contributed by atoms with Crippen molar-refractivity contribution in [2.75, 3.05) is 0 Å². The highest BCUT2D eigenvalue weighted by Crippen LogP contribution is 2.31. The predicted molar refractivity (Wildman–Crippen MR) is 71.9 cm³/mol. The molecule has 0 aliphatic rings. The lowest BCUT2D eigenvalue weighted by Crippen LogP contribution is -2.23. The van der Waals surface area contributed by atoms with Gasteiger partial charge in [-0.1, -0.05) is 0 Å². The number of rotatable bonds is 2. The highest BCUT2D eigenvalue weighted by Gasteiger charge is 2.16. The van der Waals surface area contributed by atoms with Gasteiger partial charge >= 0.3 is 0 Å². The van der Waals surface area contributed by atoms with Crippen molar-refractivity contribution < 1.29 is 4.42 Å². The van der Waals surface area contributed by atoms with Gasteiger partial charge in [-0.05, 0) is 19.1 Å². The Morgan fingerprint density at radius 3 is 3.11 bits per heavy atom. The van der Waals surface area contributed by atoms with E-state index >= 15 is 0 Å². The van der Waals surface area contributed by atoms with Crippen LogP contribution < -0.4 is 5.56 Å². The van der Waals surface area contributed by atoms with Crippen LogP contribution in [0.3, 0.4) is 0 Å². The Hall–Kier alpha value is -2.39. The first-order valence-corrected chi connectivity index (χ1v) is 6.50. The molecule has 0 spiro atoms. The monoisotopic (exact) mass is 271 g/mol. The van der Waals surface area contributed by atoms with E-state index in [0.717, 1.165) is 5.56 Å². The van der Waals surface area contributed by atoms with Crippen molar-refractivity contribution in [1.29, 1.82) is 5.26 Å². The van der Waals surface area contributed by atoms with Crippen LogP contribution in [-0.2, 0) is 6.54 Å². The Bertz CT molecular complexity index is 837. The highest BCUT2D eigenvalue weighted by molar-refractivity contribution is 7.17. The number of fused-ring (bicyclic) bond motifs is 1. The molecule has 0 aliphatic heterocycles. The number of hydrogen-bond acceptors (Lipinski definition) is 5. The Morgan fingerprint density at radius 2 is 2.42 bits per heavy atom. The quantitative estimate of drug-likeness (QED) is 0.718. The normalized spacial score (nSPS) is 10.7. The average molecular weight is 271 g/mol. The topological polar surface area (TPSA) is 71.8 Å². The van der Waals surface area contributed by atoms with Gasteiger partial charge in [0.25, 0.3) is 5.56 Å². The van der Waals surface area contributed by atoms with E-state index < -0.39 is 0 Å². The van der Waals surface area contributed by atoms with Gasteiger partial charge < -0.3 is 4.42 Å². The lowest BCUT2D eigenvalue weighted by atomic mass is 10.2. The summed E-state index contributed by atoms with van der Waals surface area (Å²) < 4.78 is 6.71. The molecular formula is C13H9N3O2S. The third-order valence-electron chi connectivity index (χ3n) is 2.90. The third-order valence-corrected chi connectivity index (χ3v) is 3.77. The second-order valence-electron chi connectivity index (χ2n) is 4.02. The van der Waals surface area contributed by atoms with E-state index in [0.29, 0.717) is 21.8 Å². The zero-order valence-electron chi connectivity index (χ0n) is 10.1. The zero-order chi connectivity index (χ0) is 13.4. The van der Waals surface area contributed by atoms with Crippen molar-refractivity contribution in [3.63, 3.8) is 0 Å². The Labute approximate surface area is 112 Å². The molecule has 0 unspecified atom stereocenters. The standard InChI is InChI=1S/C13H9N3O2S/c1-8-15-12-11(13(17)16(8)5-4-14)9(7-19-12)10-3-2-6-18-10/h2-3,6-7H,5H2,1H3. The summed E-state index contributed by atoms with van der Waals surface area (Å²) in [7, 11) is 0. The number of nitrogens with zero attached hydrogens (tertiary/aromatic N) is 3. The Balaban J connectivity index is 2.37. The van der Waals surface area contributed by atoms with Gasteiger partial charge in [0.05, 0.1) is 17.7 Å². The third kappa shape index (κ3) is 1.75. The van der Waals surface area contributed by atoms with Gasteiger partial charge in [-0.3, -0.25) is 9.36 Å². The van der Waals surface area contributed by atoms with Crippen LogP contribution in [0.15, 0.2) is 33.0 Å². The number of aromatic nitrogens is 2. The minimum absolute atomic E-state index is 0.00104. The van der Waals surface area contributed by atoms with Gasteiger partial charge in [0.2, 0.25) is 0 Å². The molecule has 0 saturated carbocycles. The molecule has 3 heterocycles. The molecule has 0 saturated heterocycles. The van der Waals surface area contributed by atoms with Crippen molar-refractivity contribution in [3.05, 3.63) is 40.0 Å². The van der Waals surface area contributed by atoms with Gasteiger partial charge in [-0.15, -0.1) is 11.3 Å². The maximum atomic E-state index is 12.5. The van der Waals surface area contributed by atoms with Gasteiger partial charge in [-0.25, -0.2) is 4.98 Å². The van der Waals surface area contributed by atoms with Gasteiger partial charge in [0.15, 0.2) is 0 Å². The second kappa shape index (κ2) is 4.37. The van der Waals surface area contributed by atoms with Crippen molar-refractivity contribution in [2.24, 2.45) is 0 Å². The largest absolute Gasteiger partial charge is 0.464 e. The number of furan rings is 1.